The molecule has 24 heavy (non-hydrogen) atoms. The van der Waals surface area contributed by atoms with Gasteiger partial charge in [-0.1, -0.05) is 18.0 Å². The number of azide groups is 1. The summed E-state index contributed by atoms with van der Waals surface area (Å²) in [6.07, 6.45) is 6.43. The molecule has 2 atom stereocenters. The number of carbonyl (C=O) groups is 1. The number of ether oxygens (including phenoxy) is 1. The summed E-state index contributed by atoms with van der Waals surface area (Å²) < 4.78 is 5.44. The van der Waals surface area contributed by atoms with E-state index in [0.717, 1.165) is 38.8 Å². The maximum absolute atomic E-state index is 12.1. The van der Waals surface area contributed by atoms with Crippen LogP contribution in [0.25, 0.3) is 10.4 Å². The van der Waals surface area contributed by atoms with Gasteiger partial charge in [0.2, 0.25) is 0 Å². The zero-order chi connectivity index (χ0) is 17.6. The third-order valence-corrected chi connectivity index (χ3v) is 4.88. The van der Waals surface area contributed by atoms with Crippen LogP contribution in [-0.4, -0.2) is 48.3 Å². The minimum atomic E-state index is -0.442. The molecule has 0 aromatic heterocycles. The first kappa shape index (κ1) is 18.9. The average molecular weight is 337 g/mol. The predicted octanol–water partition coefficient (Wildman–Crippen LogP) is 3.84. The molecular formula is C17H31N5O2. The fourth-order valence-electron chi connectivity index (χ4n) is 3.64. The highest BCUT2D eigenvalue weighted by atomic mass is 16.6. The number of hydrogen-bond acceptors (Lipinski definition) is 4. The number of likely N-dealkylation sites (tertiary alicyclic amines) is 1. The number of piperidine rings is 1. The fraction of sp³-hybridized carbons (Fsp3) is 0.941. The fourth-order valence-corrected chi connectivity index (χ4v) is 3.64. The zero-order valence-corrected chi connectivity index (χ0v) is 15.2. The molecule has 1 saturated heterocycles. The molecule has 136 valence electrons. The Kier molecular flexibility index (Phi) is 6.75. The summed E-state index contributed by atoms with van der Waals surface area (Å²) in [6.45, 7) is 7.75. The van der Waals surface area contributed by atoms with Gasteiger partial charge >= 0.3 is 6.09 Å². The highest BCUT2D eigenvalue weighted by Crippen LogP contribution is 2.26. The van der Waals surface area contributed by atoms with Gasteiger partial charge in [0.1, 0.15) is 5.60 Å². The molecule has 7 heteroatoms. The van der Waals surface area contributed by atoms with E-state index >= 15 is 0 Å². The van der Waals surface area contributed by atoms with Crippen LogP contribution in [0.2, 0.25) is 0 Å². The molecule has 1 aliphatic heterocycles. The van der Waals surface area contributed by atoms with E-state index in [0.29, 0.717) is 24.5 Å². The highest BCUT2D eigenvalue weighted by Gasteiger charge is 2.30. The molecule has 0 bridgehead atoms. The first-order valence-corrected chi connectivity index (χ1v) is 9.14. The number of amides is 1. The summed E-state index contributed by atoms with van der Waals surface area (Å²) in [5.74, 6) is 0.443. The van der Waals surface area contributed by atoms with Crippen molar-refractivity contribution in [2.24, 2.45) is 11.0 Å². The lowest BCUT2D eigenvalue weighted by molar-refractivity contribution is 0.0192. The van der Waals surface area contributed by atoms with Crippen molar-refractivity contribution in [2.75, 3.05) is 19.6 Å². The van der Waals surface area contributed by atoms with Crippen LogP contribution < -0.4 is 5.32 Å². The van der Waals surface area contributed by atoms with Crippen molar-refractivity contribution in [3.63, 3.8) is 0 Å². The van der Waals surface area contributed by atoms with Crippen molar-refractivity contribution in [1.29, 1.82) is 0 Å². The standard InChI is InChI=1S/C17H31N5O2/c1-17(2,3)24-16(23)22-10-8-14(9-11-22)20-15-7-5-4-6-13(15)12-19-21-18/h13-15,20H,4-12H2,1-3H3/t13-,15+/m1/s1. The third-order valence-electron chi connectivity index (χ3n) is 4.88. The van der Waals surface area contributed by atoms with Crippen LogP contribution in [0.1, 0.15) is 59.3 Å². The van der Waals surface area contributed by atoms with Gasteiger partial charge in [0, 0.05) is 36.6 Å². The lowest BCUT2D eigenvalue weighted by atomic mass is 9.83. The maximum atomic E-state index is 12.1. The van der Waals surface area contributed by atoms with Crippen LogP contribution in [0.4, 0.5) is 4.79 Å². The third kappa shape index (κ3) is 5.87. The van der Waals surface area contributed by atoms with E-state index in [9.17, 15) is 4.79 Å². The first-order valence-electron chi connectivity index (χ1n) is 9.14. The smallest absolute Gasteiger partial charge is 0.410 e. The van der Waals surface area contributed by atoms with Gasteiger partial charge in [-0.25, -0.2) is 4.79 Å². The highest BCUT2D eigenvalue weighted by molar-refractivity contribution is 5.68. The van der Waals surface area contributed by atoms with Crippen molar-refractivity contribution < 1.29 is 9.53 Å². The second kappa shape index (κ2) is 8.58. The number of nitrogens with zero attached hydrogens (tertiary/aromatic N) is 4. The van der Waals surface area contributed by atoms with Gasteiger partial charge in [-0.05, 0) is 57.9 Å². The Balaban J connectivity index is 1.79. The summed E-state index contributed by atoms with van der Waals surface area (Å²) in [5.41, 5.74) is 8.11. The van der Waals surface area contributed by atoms with E-state index in [1.165, 1.54) is 12.8 Å². The molecule has 0 radical (unpaired) electrons. The second-order valence-electron chi connectivity index (χ2n) is 7.97. The van der Waals surface area contributed by atoms with Crippen LogP contribution in [0.3, 0.4) is 0 Å². The van der Waals surface area contributed by atoms with Gasteiger partial charge < -0.3 is 15.0 Å². The van der Waals surface area contributed by atoms with Crippen LogP contribution in [0.5, 0.6) is 0 Å². The molecule has 1 aliphatic carbocycles. The number of nitrogens with one attached hydrogen (secondary N) is 1. The average Bonchev–Trinajstić information content (AvgIpc) is 2.53. The maximum Gasteiger partial charge on any atom is 0.410 e. The molecule has 1 N–H and O–H groups in total. The molecule has 1 amide bonds. The van der Waals surface area contributed by atoms with E-state index < -0.39 is 5.60 Å². The van der Waals surface area contributed by atoms with E-state index in [4.69, 9.17) is 10.3 Å². The Morgan fingerprint density at radius 2 is 1.92 bits per heavy atom. The van der Waals surface area contributed by atoms with Gasteiger partial charge in [0.05, 0.1) is 0 Å². The van der Waals surface area contributed by atoms with E-state index in [1.807, 2.05) is 25.7 Å². The summed E-state index contributed by atoms with van der Waals surface area (Å²) >= 11 is 0. The van der Waals surface area contributed by atoms with Crippen LogP contribution in [0.15, 0.2) is 5.11 Å². The molecule has 2 fully saturated rings. The molecule has 2 rings (SSSR count). The van der Waals surface area contributed by atoms with Crippen LogP contribution >= 0.6 is 0 Å². The topological polar surface area (TPSA) is 90.3 Å². The summed E-state index contributed by atoms with van der Waals surface area (Å²) in [6, 6.07) is 0.864. The monoisotopic (exact) mass is 337 g/mol. The number of hydrogen-bond donors (Lipinski definition) is 1. The Hall–Kier alpha value is -1.46. The normalized spacial score (nSPS) is 25.9. The number of rotatable bonds is 4. The Labute approximate surface area is 144 Å². The predicted molar refractivity (Wildman–Crippen MR) is 93.7 cm³/mol. The lowest BCUT2D eigenvalue weighted by Crippen LogP contribution is -2.51. The molecule has 7 nitrogen and oxygen atoms in total. The summed E-state index contributed by atoms with van der Waals surface area (Å²) in [5, 5.41) is 7.54. The summed E-state index contributed by atoms with van der Waals surface area (Å²) in [4.78, 5) is 16.8. The Morgan fingerprint density at radius 1 is 1.25 bits per heavy atom. The minimum Gasteiger partial charge on any atom is -0.444 e. The van der Waals surface area contributed by atoms with Crippen molar-refractivity contribution in [2.45, 2.75) is 77.0 Å². The van der Waals surface area contributed by atoms with Gasteiger partial charge in [0.15, 0.2) is 0 Å². The van der Waals surface area contributed by atoms with Crippen LogP contribution in [0, 0.1) is 5.92 Å². The molecule has 0 spiro atoms. The second-order valence-corrected chi connectivity index (χ2v) is 7.97. The van der Waals surface area contributed by atoms with E-state index in [2.05, 4.69) is 15.3 Å². The van der Waals surface area contributed by atoms with Crippen molar-refractivity contribution >= 4 is 6.09 Å². The quantitative estimate of drug-likeness (QED) is 0.480. The SMILES string of the molecule is CC(C)(C)OC(=O)N1CCC(N[C@H]2CCCC[C@@H]2CN=[N+]=[N-])CC1. The van der Waals surface area contributed by atoms with E-state index in [-0.39, 0.29) is 6.09 Å². The minimum absolute atomic E-state index is 0.208. The molecule has 1 heterocycles. The summed E-state index contributed by atoms with van der Waals surface area (Å²) in [7, 11) is 0. The molecule has 1 saturated carbocycles. The Morgan fingerprint density at radius 3 is 2.54 bits per heavy atom. The van der Waals surface area contributed by atoms with Gasteiger partial charge in [-0.2, -0.15) is 0 Å². The van der Waals surface area contributed by atoms with Gasteiger partial charge in [0.25, 0.3) is 0 Å². The molecule has 0 aromatic rings. The number of carbonyl (C=O) groups excluding carboxylic acids is 1. The lowest BCUT2D eigenvalue weighted by Gasteiger charge is -2.38. The molecule has 0 unspecified atom stereocenters. The molecular weight excluding hydrogens is 306 g/mol. The largest absolute Gasteiger partial charge is 0.444 e. The van der Waals surface area contributed by atoms with Crippen molar-refractivity contribution in [1.82, 2.24) is 10.2 Å². The Bertz CT molecular complexity index is 462. The molecule has 0 aromatic carbocycles. The first-order chi connectivity index (χ1) is 11.4. The molecule has 2 aliphatic rings. The van der Waals surface area contributed by atoms with Crippen molar-refractivity contribution in [3.05, 3.63) is 10.4 Å². The zero-order valence-electron chi connectivity index (χ0n) is 15.2. The van der Waals surface area contributed by atoms with Crippen molar-refractivity contribution in [3.8, 4) is 0 Å². The van der Waals surface area contributed by atoms with Crippen LogP contribution in [-0.2, 0) is 4.74 Å². The van der Waals surface area contributed by atoms with Gasteiger partial charge in [-0.15, -0.1) is 0 Å². The van der Waals surface area contributed by atoms with Gasteiger partial charge in [-0.3, -0.25) is 0 Å². The van der Waals surface area contributed by atoms with E-state index in [1.54, 1.807) is 0 Å².